The van der Waals surface area contributed by atoms with Crippen LogP contribution in [-0.2, 0) is 21.8 Å². The topological polar surface area (TPSA) is 35.5 Å². The third-order valence-corrected chi connectivity index (χ3v) is 3.16. The van der Waals surface area contributed by atoms with Crippen LogP contribution in [-0.4, -0.2) is 19.7 Å². The summed E-state index contributed by atoms with van der Waals surface area (Å²) in [4.78, 5) is 11.2. The van der Waals surface area contributed by atoms with Crippen LogP contribution in [0.25, 0.3) is 0 Å². The first-order valence-electron chi connectivity index (χ1n) is 4.86. The molecule has 0 heterocycles. The van der Waals surface area contributed by atoms with Gasteiger partial charge in [0.05, 0.1) is 13.5 Å². The van der Waals surface area contributed by atoms with Crippen molar-refractivity contribution >= 4 is 33.5 Å². The Balaban J connectivity index is 3.10. The van der Waals surface area contributed by atoms with Crippen LogP contribution in [0.5, 0.6) is 5.75 Å². The quantitative estimate of drug-likeness (QED) is 0.606. The molecule has 1 rings (SSSR count). The second-order valence-corrected chi connectivity index (χ2v) is 4.43. The minimum Gasteiger partial charge on any atom is -0.469 e. The monoisotopic (exact) mass is 342 g/mol. The summed E-state index contributed by atoms with van der Waals surface area (Å²) < 4.78 is 33.6. The maximum Gasteiger partial charge on any atom is 0.387 e. The number of methoxy groups -OCH3 is 1. The number of hydrogen-bond donors (Lipinski definition) is 0. The lowest BCUT2D eigenvalue weighted by atomic mass is 10.1. The van der Waals surface area contributed by atoms with Gasteiger partial charge in [-0.05, 0) is 23.3 Å². The fourth-order valence-corrected chi connectivity index (χ4v) is 2.47. The summed E-state index contributed by atoms with van der Waals surface area (Å²) in [6.07, 6.45) is -0.0579. The molecule has 1 aromatic carbocycles. The highest BCUT2D eigenvalue weighted by molar-refractivity contribution is 9.10. The Kier molecular flexibility index (Phi) is 5.81. The molecule has 0 fully saturated rings. The number of ether oxygens (including phenoxy) is 2. The molecule has 18 heavy (non-hydrogen) atoms. The molecule has 0 saturated heterocycles. The Labute approximate surface area is 116 Å². The van der Waals surface area contributed by atoms with Crippen molar-refractivity contribution in [3.05, 3.63) is 27.7 Å². The molecule has 0 aliphatic carbocycles. The van der Waals surface area contributed by atoms with E-state index in [2.05, 4.69) is 25.4 Å². The van der Waals surface area contributed by atoms with Gasteiger partial charge >= 0.3 is 12.6 Å². The molecular formula is C11H10BrClF2O3. The molecule has 0 atom stereocenters. The minimum atomic E-state index is -2.93. The second-order valence-electron chi connectivity index (χ2n) is 3.31. The van der Waals surface area contributed by atoms with E-state index >= 15 is 0 Å². The number of carbonyl (C=O) groups is 1. The Morgan fingerprint density at radius 1 is 1.50 bits per heavy atom. The van der Waals surface area contributed by atoms with Crippen molar-refractivity contribution in [2.45, 2.75) is 18.9 Å². The van der Waals surface area contributed by atoms with E-state index in [1.54, 1.807) is 0 Å². The standard InChI is InChI=1S/C11H10BrClF2O3/c1-17-10(16)3-6-2-7(18-11(14)15)4-9(12)8(6)5-13/h2,4,11H,3,5H2,1H3. The van der Waals surface area contributed by atoms with Crippen LogP contribution in [0.3, 0.4) is 0 Å². The van der Waals surface area contributed by atoms with E-state index in [1.165, 1.54) is 19.2 Å². The van der Waals surface area contributed by atoms with Crippen molar-refractivity contribution in [1.29, 1.82) is 0 Å². The molecule has 3 nitrogen and oxygen atoms in total. The average molecular weight is 344 g/mol. The van der Waals surface area contributed by atoms with Gasteiger partial charge in [0.15, 0.2) is 0 Å². The summed E-state index contributed by atoms with van der Waals surface area (Å²) in [7, 11) is 1.25. The predicted octanol–water partition coefficient (Wildman–Crippen LogP) is 3.50. The van der Waals surface area contributed by atoms with Gasteiger partial charge in [0.2, 0.25) is 0 Å². The molecule has 0 unspecified atom stereocenters. The van der Waals surface area contributed by atoms with Gasteiger partial charge in [0.25, 0.3) is 0 Å². The molecular weight excluding hydrogens is 333 g/mol. The second kappa shape index (κ2) is 6.89. The summed E-state index contributed by atoms with van der Waals surface area (Å²) >= 11 is 8.95. The Hall–Kier alpha value is -0.880. The van der Waals surface area contributed by atoms with Gasteiger partial charge in [0.1, 0.15) is 5.75 Å². The van der Waals surface area contributed by atoms with Gasteiger partial charge in [-0.3, -0.25) is 4.79 Å². The summed E-state index contributed by atoms with van der Waals surface area (Å²) in [6.45, 7) is -2.93. The number of benzene rings is 1. The van der Waals surface area contributed by atoms with E-state index in [1.807, 2.05) is 0 Å². The van der Waals surface area contributed by atoms with Crippen LogP contribution in [0.2, 0.25) is 0 Å². The van der Waals surface area contributed by atoms with Crippen LogP contribution in [0.4, 0.5) is 8.78 Å². The number of esters is 1. The highest BCUT2D eigenvalue weighted by Crippen LogP contribution is 2.30. The van der Waals surface area contributed by atoms with Gasteiger partial charge in [0, 0.05) is 10.4 Å². The van der Waals surface area contributed by atoms with Crippen molar-refractivity contribution in [3.63, 3.8) is 0 Å². The van der Waals surface area contributed by atoms with E-state index in [-0.39, 0.29) is 18.1 Å². The average Bonchev–Trinajstić information content (AvgIpc) is 2.27. The lowest BCUT2D eigenvalue weighted by Crippen LogP contribution is -2.08. The fourth-order valence-electron chi connectivity index (χ4n) is 1.37. The molecule has 7 heteroatoms. The van der Waals surface area contributed by atoms with Crippen molar-refractivity contribution in [2.75, 3.05) is 7.11 Å². The molecule has 0 N–H and O–H groups in total. The van der Waals surface area contributed by atoms with Crippen LogP contribution >= 0.6 is 27.5 Å². The summed E-state index contributed by atoms with van der Waals surface area (Å²) in [5.74, 6) is -0.380. The Morgan fingerprint density at radius 3 is 2.67 bits per heavy atom. The Morgan fingerprint density at radius 2 is 2.17 bits per heavy atom. The van der Waals surface area contributed by atoms with Crippen LogP contribution in [0.1, 0.15) is 11.1 Å². The fraction of sp³-hybridized carbons (Fsp3) is 0.364. The van der Waals surface area contributed by atoms with E-state index in [0.717, 1.165) is 0 Å². The van der Waals surface area contributed by atoms with E-state index in [4.69, 9.17) is 11.6 Å². The Bertz CT molecular complexity index is 441. The maximum atomic E-state index is 12.1. The molecule has 100 valence electrons. The zero-order valence-corrected chi connectivity index (χ0v) is 11.7. The molecule has 0 aliphatic rings. The van der Waals surface area contributed by atoms with Crippen molar-refractivity contribution in [2.24, 2.45) is 0 Å². The molecule has 0 aromatic heterocycles. The molecule has 1 aromatic rings. The van der Waals surface area contributed by atoms with Crippen LogP contribution < -0.4 is 4.74 Å². The van der Waals surface area contributed by atoms with Crippen molar-refractivity contribution in [1.82, 2.24) is 0 Å². The van der Waals surface area contributed by atoms with Gasteiger partial charge in [-0.1, -0.05) is 15.9 Å². The molecule has 0 radical (unpaired) electrons. The SMILES string of the molecule is COC(=O)Cc1cc(OC(F)F)cc(Br)c1CCl. The zero-order valence-electron chi connectivity index (χ0n) is 9.38. The number of alkyl halides is 3. The normalized spacial score (nSPS) is 10.6. The van der Waals surface area contributed by atoms with Gasteiger partial charge in [-0.25, -0.2) is 0 Å². The number of rotatable bonds is 5. The van der Waals surface area contributed by atoms with E-state index < -0.39 is 12.6 Å². The first-order valence-corrected chi connectivity index (χ1v) is 6.19. The number of hydrogen-bond acceptors (Lipinski definition) is 3. The summed E-state index contributed by atoms with van der Waals surface area (Å²) in [6, 6.07) is 2.73. The summed E-state index contributed by atoms with van der Waals surface area (Å²) in [5.41, 5.74) is 1.13. The van der Waals surface area contributed by atoms with Gasteiger partial charge in [-0.15, -0.1) is 11.6 Å². The highest BCUT2D eigenvalue weighted by atomic mass is 79.9. The van der Waals surface area contributed by atoms with Gasteiger partial charge in [-0.2, -0.15) is 8.78 Å². The van der Waals surface area contributed by atoms with Crippen LogP contribution in [0.15, 0.2) is 16.6 Å². The van der Waals surface area contributed by atoms with Crippen LogP contribution in [0, 0.1) is 0 Å². The van der Waals surface area contributed by atoms with E-state index in [0.29, 0.717) is 15.6 Å². The molecule has 0 amide bonds. The molecule has 0 saturated carbocycles. The number of halogens is 4. The third kappa shape index (κ3) is 4.10. The maximum absolute atomic E-state index is 12.1. The zero-order chi connectivity index (χ0) is 13.7. The molecule has 0 bridgehead atoms. The van der Waals surface area contributed by atoms with Crippen molar-refractivity contribution < 1.29 is 23.0 Å². The van der Waals surface area contributed by atoms with Crippen molar-refractivity contribution in [3.8, 4) is 5.75 Å². The van der Waals surface area contributed by atoms with Gasteiger partial charge < -0.3 is 9.47 Å². The largest absolute Gasteiger partial charge is 0.469 e. The first-order chi connectivity index (χ1) is 8.47. The third-order valence-electron chi connectivity index (χ3n) is 2.18. The predicted molar refractivity (Wildman–Crippen MR) is 66.1 cm³/mol. The minimum absolute atomic E-state index is 0.0374. The highest BCUT2D eigenvalue weighted by Gasteiger charge is 2.14. The first kappa shape index (κ1) is 15.2. The molecule has 0 aliphatic heterocycles. The lowest BCUT2D eigenvalue weighted by Gasteiger charge is -2.12. The number of carbonyl (C=O) groups excluding carboxylic acids is 1. The smallest absolute Gasteiger partial charge is 0.387 e. The lowest BCUT2D eigenvalue weighted by molar-refractivity contribution is -0.139. The molecule has 0 spiro atoms. The van der Waals surface area contributed by atoms with E-state index in [9.17, 15) is 13.6 Å². The summed E-state index contributed by atoms with van der Waals surface area (Å²) in [5, 5.41) is 0.